The number of piperidine rings is 1. The summed E-state index contributed by atoms with van der Waals surface area (Å²) in [5, 5.41) is 11.9. The Labute approximate surface area is 171 Å². The molecule has 2 aromatic rings. The summed E-state index contributed by atoms with van der Waals surface area (Å²) in [6.45, 7) is 2.99. The fourth-order valence-electron chi connectivity index (χ4n) is 3.97. The Kier molecular flexibility index (Phi) is 6.24. The standard InChI is InChI=1S/C22H28N4O3/c1-28-18-8-6-16(7-9-18)20-10-11-21(25-24-20)26-12-2-4-17(15-26)22(27)23-14-19-5-3-13-29-19/h6-11,17,19H,2-5,12-15H2,1H3,(H,23,27). The molecular formula is C22H28N4O3. The second kappa shape index (κ2) is 9.22. The Balaban J connectivity index is 1.35. The molecule has 0 aliphatic carbocycles. The maximum Gasteiger partial charge on any atom is 0.224 e. The lowest BCUT2D eigenvalue weighted by molar-refractivity contribution is -0.125. The Morgan fingerprint density at radius 2 is 2.03 bits per heavy atom. The average molecular weight is 396 g/mol. The lowest BCUT2D eigenvalue weighted by Crippen LogP contribution is -2.45. The number of carbonyl (C=O) groups is 1. The molecule has 7 heteroatoms. The molecule has 4 rings (SSSR count). The number of aromatic nitrogens is 2. The number of hydrogen-bond acceptors (Lipinski definition) is 6. The van der Waals surface area contributed by atoms with Gasteiger partial charge in [-0.2, -0.15) is 0 Å². The van der Waals surface area contributed by atoms with E-state index in [4.69, 9.17) is 9.47 Å². The number of amides is 1. The van der Waals surface area contributed by atoms with Gasteiger partial charge in [0.15, 0.2) is 5.82 Å². The fourth-order valence-corrected chi connectivity index (χ4v) is 3.97. The zero-order valence-electron chi connectivity index (χ0n) is 16.8. The van der Waals surface area contributed by atoms with E-state index in [2.05, 4.69) is 20.4 Å². The molecule has 2 saturated heterocycles. The number of ether oxygens (including phenoxy) is 2. The summed E-state index contributed by atoms with van der Waals surface area (Å²) in [5.74, 6) is 1.73. The molecule has 7 nitrogen and oxygen atoms in total. The van der Waals surface area contributed by atoms with Crippen molar-refractivity contribution in [3.8, 4) is 17.0 Å². The van der Waals surface area contributed by atoms with Gasteiger partial charge in [0, 0.05) is 31.8 Å². The summed E-state index contributed by atoms with van der Waals surface area (Å²) >= 11 is 0. The zero-order valence-corrected chi connectivity index (χ0v) is 16.8. The van der Waals surface area contributed by atoms with Crippen molar-refractivity contribution in [1.82, 2.24) is 15.5 Å². The van der Waals surface area contributed by atoms with E-state index in [1.165, 1.54) is 0 Å². The summed E-state index contributed by atoms with van der Waals surface area (Å²) in [4.78, 5) is 14.7. The SMILES string of the molecule is COc1ccc(-c2ccc(N3CCCC(C(=O)NCC4CCCO4)C3)nn2)cc1. The van der Waals surface area contributed by atoms with E-state index in [0.29, 0.717) is 13.1 Å². The van der Waals surface area contributed by atoms with E-state index < -0.39 is 0 Å². The van der Waals surface area contributed by atoms with Crippen LogP contribution < -0.4 is 15.0 Å². The third-order valence-electron chi connectivity index (χ3n) is 5.68. The molecule has 2 aliphatic heterocycles. The van der Waals surface area contributed by atoms with Crippen LogP contribution in [0, 0.1) is 5.92 Å². The summed E-state index contributed by atoms with van der Waals surface area (Å²) < 4.78 is 10.8. The van der Waals surface area contributed by atoms with Crippen molar-refractivity contribution < 1.29 is 14.3 Å². The van der Waals surface area contributed by atoms with Crippen LogP contribution in [0.5, 0.6) is 5.75 Å². The number of nitrogens with one attached hydrogen (secondary N) is 1. The zero-order chi connectivity index (χ0) is 20.1. The first kappa shape index (κ1) is 19.6. The Hall–Kier alpha value is -2.67. The number of anilines is 1. The van der Waals surface area contributed by atoms with Gasteiger partial charge in [0.25, 0.3) is 0 Å². The molecule has 0 spiro atoms. The van der Waals surface area contributed by atoms with Crippen molar-refractivity contribution in [2.24, 2.45) is 5.92 Å². The van der Waals surface area contributed by atoms with Gasteiger partial charge < -0.3 is 19.7 Å². The molecule has 0 bridgehead atoms. The lowest BCUT2D eigenvalue weighted by Gasteiger charge is -2.32. The minimum Gasteiger partial charge on any atom is -0.497 e. The number of hydrogen-bond donors (Lipinski definition) is 1. The molecule has 154 valence electrons. The maximum atomic E-state index is 12.6. The predicted molar refractivity (Wildman–Crippen MR) is 111 cm³/mol. The fraction of sp³-hybridized carbons (Fsp3) is 0.500. The molecular weight excluding hydrogens is 368 g/mol. The van der Waals surface area contributed by atoms with Crippen molar-refractivity contribution in [2.45, 2.75) is 31.8 Å². The van der Waals surface area contributed by atoms with Crippen molar-refractivity contribution in [2.75, 3.05) is 38.3 Å². The second-order valence-electron chi connectivity index (χ2n) is 7.67. The highest BCUT2D eigenvalue weighted by atomic mass is 16.5. The predicted octanol–water partition coefficient (Wildman–Crippen LogP) is 2.66. The van der Waals surface area contributed by atoms with E-state index >= 15 is 0 Å². The van der Waals surface area contributed by atoms with E-state index in [9.17, 15) is 4.79 Å². The van der Waals surface area contributed by atoms with Crippen LogP contribution in [-0.2, 0) is 9.53 Å². The third kappa shape index (κ3) is 4.85. The van der Waals surface area contributed by atoms with E-state index in [1.54, 1.807) is 7.11 Å². The number of nitrogens with zero attached hydrogens (tertiary/aromatic N) is 3. The van der Waals surface area contributed by atoms with Crippen molar-refractivity contribution >= 4 is 11.7 Å². The molecule has 29 heavy (non-hydrogen) atoms. The summed E-state index contributed by atoms with van der Waals surface area (Å²) in [5.41, 5.74) is 1.81. The minimum atomic E-state index is -0.0202. The molecule has 2 unspecified atom stereocenters. The quantitative estimate of drug-likeness (QED) is 0.809. The van der Waals surface area contributed by atoms with Crippen LogP contribution in [0.3, 0.4) is 0 Å². The van der Waals surface area contributed by atoms with Crippen molar-refractivity contribution in [3.63, 3.8) is 0 Å². The maximum absolute atomic E-state index is 12.6. The van der Waals surface area contributed by atoms with Gasteiger partial charge in [-0.3, -0.25) is 4.79 Å². The van der Waals surface area contributed by atoms with Crippen molar-refractivity contribution in [1.29, 1.82) is 0 Å². The minimum absolute atomic E-state index is 0.0202. The van der Waals surface area contributed by atoms with E-state index in [-0.39, 0.29) is 17.9 Å². The number of rotatable bonds is 6. The van der Waals surface area contributed by atoms with Crippen LogP contribution in [0.2, 0.25) is 0 Å². The van der Waals surface area contributed by atoms with Gasteiger partial charge in [0.2, 0.25) is 5.91 Å². The molecule has 3 heterocycles. The molecule has 2 fully saturated rings. The molecule has 2 aliphatic rings. The first-order chi connectivity index (χ1) is 14.2. The van der Waals surface area contributed by atoms with Gasteiger partial charge >= 0.3 is 0 Å². The summed E-state index contributed by atoms with van der Waals surface area (Å²) in [6, 6.07) is 11.7. The van der Waals surface area contributed by atoms with Crippen LogP contribution in [0.25, 0.3) is 11.3 Å². The third-order valence-corrected chi connectivity index (χ3v) is 5.68. The molecule has 1 N–H and O–H groups in total. The average Bonchev–Trinajstić information content (AvgIpc) is 3.31. The second-order valence-corrected chi connectivity index (χ2v) is 7.67. The van der Waals surface area contributed by atoms with Crippen molar-refractivity contribution in [3.05, 3.63) is 36.4 Å². The summed E-state index contributed by atoms with van der Waals surface area (Å²) in [7, 11) is 1.65. The topological polar surface area (TPSA) is 76.6 Å². The first-order valence-electron chi connectivity index (χ1n) is 10.4. The Bertz CT molecular complexity index is 804. The highest BCUT2D eigenvalue weighted by molar-refractivity contribution is 5.79. The lowest BCUT2D eigenvalue weighted by atomic mass is 9.97. The van der Waals surface area contributed by atoms with Crippen LogP contribution in [0.1, 0.15) is 25.7 Å². The Morgan fingerprint density at radius 1 is 1.17 bits per heavy atom. The Morgan fingerprint density at radius 3 is 2.72 bits per heavy atom. The van der Waals surface area contributed by atoms with Gasteiger partial charge in [-0.1, -0.05) is 0 Å². The first-order valence-corrected chi connectivity index (χ1v) is 10.4. The van der Waals surface area contributed by atoms with Crippen LogP contribution in [0.15, 0.2) is 36.4 Å². The monoisotopic (exact) mass is 396 g/mol. The van der Waals surface area contributed by atoms with E-state index in [0.717, 1.165) is 61.7 Å². The number of benzene rings is 1. The van der Waals surface area contributed by atoms with Gasteiger partial charge in [-0.25, -0.2) is 0 Å². The molecule has 1 aromatic carbocycles. The molecule has 1 aromatic heterocycles. The van der Waals surface area contributed by atoms with Gasteiger partial charge in [-0.15, -0.1) is 10.2 Å². The van der Waals surface area contributed by atoms with Crippen LogP contribution >= 0.6 is 0 Å². The normalized spacial score (nSPS) is 21.8. The largest absolute Gasteiger partial charge is 0.497 e. The van der Waals surface area contributed by atoms with Crippen LogP contribution in [0.4, 0.5) is 5.82 Å². The number of carbonyl (C=O) groups excluding carboxylic acids is 1. The van der Waals surface area contributed by atoms with Gasteiger partial charge in [0.1, 0.15) is 5.75 Å². The van der Waals surface area contributed by atoms with E-state index in [1.807, 2.05) is 36.4 Å². The number of methoxy groups -OCH3 is 1. The van der Waals surface area contributed by atoms with Gasteiger partial charge in [-0.05, 0) is 62.1 Å². The van der Waals surface area contributed by atoms with Crippen LogP contribution in [-0.4, -0.2) is 55.6 Å². The summed E-state index contributed by atoms with van der Waals surface area (Å²) in [6.07, 6.45) is 4.18. The molecule has 2 atom stereocenters. The van der Waals surface area contributed by atoms with Gasteiger partial charge in [0.05, 0.1) is 24.8 Å². The highest BCUT2D eigenvalue weighted by Crippen LogP contribution is 2.24. The highest BCUT2D eigenvalue weighted by Gasteiger charge is 2.27. The molecule has 0 radical (unpaired) electrons. The smallest absolute Gasteiger partial charge is 0.224 e. The molecule has 0 saturated carbocycles. The molecule has 1 amide bonds.